The van der Waals surface area contributed by atoms with Gasteiger partial charge >= 0.3 is 0 Å². The molecular formula is C17H27N3. The van der Waals surface area contributed by atoms with Crippen LogP contribution in [0.25, 0.3) is 0 Å². The summed E-state index contributed by atoms with van der Waals surface area (Å²) in [5.41, 5.74) is 1.62. The first kappa shape index (κ1) is 14.9. The molecule has 1 heterocycles. The maximum atomic E-state index is 4.41. The number of aliphatic imine (C=N–C) groups is 1. The van der Waals surface area contributed by atoms with E-state index in [1.807, 2.05) is 7.05 Å². The second-order valence-electron chi connectivity index (χ2n) is 6.42. The van der Waals surface area contributed by atoms with Crippen molar-refractivity contribution in [2.24, 2.45) is 10.4 Å². The minimum atomic E-state index is 0.219. The van der Waals surface area contributed by atoms with Crippen LogP contribution in [0.5, 0.6) is 0 Å². The Morgan fingerprint density at radius 3 is 2.45 bits per heavy atom. The predicted molar refractivity (Wildman–Crippen MR) is 86.1 cm³/mol. The van der Waals surface area contributed by atoms with Gasteiger partial charge in [0.2, 0.25) is 0 Å². The van der Waals surface area contributed by atoms with Crippen molar-refractivity contribution >= 4 is 5.96 Å². The van der Waals surface area contributed by atoms with E-state index in [2.05, 4.69) is 59.4 Å². The zero-order valence-electron chi connectivity index (χ0n) is 13.0. The van der Waals surface area contributed by atoms with Crippen LogP contribution in [0.2, 0.25) is 0 Å². The van der Waals surface area contributed by atoms with E-state index in [0.717, 1.165) is 32.0 Å². The minimum absolute atomic E-state index is 0.219. The molecule has 1 aromatic carbocycles. The second kappa shape index (κ2) is 6.78. The highest BCUT2D eigenvalue weighted by molar-refractivity contribution is 5.80. The van der Waals surface area contributed by atoms with Gasteiger partial charge in [0, 0.05) is 26.7 Å². The molecule has 3 nitrogen and oxygen atoms in total. The van der Waals surface area contributed by atoms with Gasteiger partial charge in [-0.1, -0.05) is 44.2 Å². The highest BCUT2D eigenvalue weighted by Crippen LogP contribution is 2.21. The number of hydrogen-bond acceptors (Lipinski definition) is 1. The lowest BCUT2D eigenvalue weighted by Gasteiger charge is -2.28. The molecule has 0 aromatic heterocycles. The second-order valence-corrected chi connectivity index (χ2v) is 6.42. The summed E-state index contributed by atoms with van der Waals surface area (Å²) < 4.78 is 0. The van der Waals surface area contributed by atoms with Crippen molar-refractivity contribution < 1.29 is 0 Å². The molecular weight excluding hydrogens is 246 g/mol. The first-order valence-electron chi connectivity index (χ1n) is 7.60. The number of rotatable bonds is 4. The van der Waals surface area contributed by atoms with E-state index in [9.17, 15) is 0 Å². The van der Waals surface area contributed by atoms with Crippen molar-refractivity contribution in [3.05, 3.63) is 35.9 Å². The van der Waals surface area contributed by atoms with Crippen LogP contribution in [0.3, 0.4) is 0 Å². The summed E-state index contributed by atoms with van der Waals surface area (Å²) in [6.07, 6.45) is 3.65. The quantitative estimate of drug-likeness (QED) is 0.675. The standard InChI is InChI=1S/C17H27N3/c1-17(2,13-15-9-5-4-6-10-15)14-19-16(18-3)20-11-7-8-12-20/h4-6,9-10H,7-8,11-14H2,1-3H3,(H,18,19). The molecule has 0 aliphatic carbocycles. The van der Waals surface area contributed by atoms with E-state index in [1.54, 1.807) is 0 Å². The van der Waals surface area contributed by atoms with Crippen LogP contribution < -0.4 is 5.32 Å². The summed E-state index contributed by atoms with van der Waals surface area (Å²) in [5.74, 6) is 1.06. The monoisotopic (exact) mass is 273 g/mol. The Labute approximate surface area is 123 Å². The van der Waals surface area contributed by atoms with E-state index in [1.165, 1.54) is 18.4 Å². The third kappa shape index (κ3) is 4.26. The number of guanidine groups is 1. The van der Waals surface area contributed by atoms with Crippen molar-refractivity contribution in [1.82, 2.24) is 10.2 Å². The molecule has 1 saturated heterocycles. The molecule has 0 radical (unpaired) electrons. The van der Waals surface area contributed by atoms with Crippen LogP contribution in [0.15, 0.2) is 35.3 Å². The van der Waals surface area contributed by atoms with E-state index in [4.69, 9.17) is 0 Å². The molecule has 110 valence electrons. The highest BCUT2D eigenvalue weighted by atomic mass is 15.3. The topological polar surface area (TPSA) is 27.6 Å². The first-order valence-corrected chi connectivity index (χ1v) is 7.60. The molecule has 0 amide bonds. The molecule has 20 heavy (non-hydrogen) atoms. The number of likely N-dealkylation sites (tertiary alicyclic amines) is 1. The van der Waals surface area contributed by atoms with E-state index in [-0.39, 0.29) is 5.41 Å². The zero-order valence-corrected chi connectivity index (χ0v) is 13.0. The first-order chi connectivity index (χ1) is 9.61. The fourth-order valence-corrected chi connectivity index (χ4v) is 2.79. The molecule has 1 aromatic rings. The van der Waals surface area contributed by atoms with Crippen LogP contribution >= 0.6 is 0 Å². The van der Waals surface area contributed by atoms with Gasteiger partial charge in [-0.3, -0.25) is 4.99 Å². The lowest BCUT2D eigenvalue weighted by molar-refractivity contribution is 0.351. The molecule has 0 unspecified atom stereocenters. The predicted octanol–water partition coefficient (Wildman–Crippen LogP) is 2.93. The van der Waals surface area contributed by atoms with E-state index < -0.39 is 0 Å². The summed E-state index contributed by atoms with van der Waals surface area (Å²) in [7, 11) is 1.88. The van der Waals surface area contributed by atoms with Crippen LogP contribution in [-0.4, -0.2) is 37.5 Å². The number of nitrogens with one attached hydrogen (secondary N) is 1. The van der Waals surface area contributed by atoms with Gasteiger partial charge in [-0.25, -0.2) is 0 Å². The van der Waals surface area contributed by atoms with Crippen LogP contribution in [-0.2, 0) is 6.42 Å². The maximum absolute atomic E-state index is 4.41. The van der Waals surface area contributed by atoms with Crippen molar-refractivity contribution in [3.63, 3.8) is 0 Å². The SMILES string of the molecule is CN=C(NCC(C)(C)Cc1ccccc1)N1CCCC1. The third-order valence-corrected chi connectivity index (χ3v) is 3.87. The fourth-order valence-electron chi connectivity index (χ4n) is 2.79. The lowest BCUT2D eigenvalue weighted by atomic mass is 9.86. The van der Waals surface area contributed by atoms with Crippen molar-refractivity contribution in [3.8, 4) is 0 Å². The molecule has 2 rings (SSSR count). The summed E-state index contributed by atoms with van der Waals surface area (Å²) in [6, 6.07) is 10.7. The van der Waals surface area contributed by atoms with Gasteiger partial charge in [-0.15, -0.1) is 0 Å². The molecule has 1 aliphatic heterocycles. The Morgan fingerprint density at radius 2 is 1.85 bits per heavy atom. The van der Waals surface area contributed by atoms with Gasteiger partial charge in [-0.05, 0) is 30.2 Å². The highest BCUT2D eigenvalue weighted by Gasteiger charge is 2.21. The van der Waals surface area contributed by atoms with Crippen LogP contribution in [0, 0.1) is 5.41 Å². The Hall–Kier alpha value is -1.51. The van der Waals surface area contributed by atoms with Gasteiger partial charge in [0.1, 0.15) is 0 Å². The summed E-state index contributed by atoms with van der Waals surface area (Å²) in [5, 5.41) is 3.55. The summed E-state index contributed by atoms with van der Waals surface area (Å²) >= 11 is 0. The molecule has 0 atom stereocenters. The number of benzene rings is 1. The van der Waals surface area contributed by atoms with Gasteiger partial charge in [0.15, 0.2) is 5.96 Å². The van der Waals surface area contributed by atoms with Gasteiger partial charge in [0.25, 0.3) is 0 Å². The normalized spacial score (nSPS) is 16.6. The summed E-state index contributed by atoms with van der Waals surface area (Å²) in [4.78, 5) is 6.77. The molecule has 1 N–H and O–H groups in total. The van der Waals surface area contributed by atoms with Crippen LogP contribution in [0.1, 0.15) is 32.3 Å². The molecule has 0 spiro atoms. The summed E-state index contributed by atoms with van der Waals surface area (Å²) in [6.45, 7) is 7.84. The third-order valence-electron chi connectivity index (χ3n) is 3.87. The zero-order chi connectivity index (χ0) is 14.4. The fraction of sp³-hybridized carbons (Fsp3) is 0.588. The molecule has 0 bridgehead atoms. The largest absolute Gasteiger partial charge is 0.356 e. The Bertz CT molecular complexity index is 431. The number of nitrogens with zero attached hydrogens (tertiary/aromatic N) is 2. The molecule has 1 fully saturated rings. The Morgan fingerprint density at radius 1 is 1.20 bits per heavy atom. The van der Waals surface area contributed by atoms with E-state index >= 15 is 0 Å². The average Bonchev–Trinajstić information content (AvgIpc) is 2.94. The van der Waals surface area contributed by atoms with E-state index in [0.29, 0.717) is 0 Å². The average molecular weight is 273 g/mol. The lowest BCUT2D eigenvalue weighted by Crippen LogP contribution is -2.44. The van der Waals surface area contributed by atoms with Crippen molar-refractivity contribution in [2.45, 2.75) is 33.1 Å². The molecule has 1 aliphatic rings. The van der Waals surface area contributed by atoms with Gasteiger partial charge in [-0.2, -0.15) is 0 Å². The van der Waals surface area contributed by atoms with Crippen molar-refractivity contribution in [1.29, 1.82) is 0 Å². The Kier molecular flexibility index (Phi) is 5.05. The Balaban J connectivity index is 1.87. The molecule has 0 saturated carbocycles. The van der Waals surface area contributed by atoms with Gasteiger partial charge in [0.05, 0.1) is 0 Å². The minimum Gasteiger partial charge on any atom is -0.356 e. The maximum Gasteiger partial charge on any atom is 0.193 e. The van der Waals surface area contributed by atoms with Gasteiger partial charge < -0.3 is 10.2 Å². The smallest absolute Gasteiger partial charge is 0.193 e. The molecule has 3 heteroatoms. The van der Waals surface area contributed by atoms with Crippen molar-refractivity contribution in [2.75, 3.05) is 26.7 Å². The van der Waals surface area contributed by atoms with Crippen LogP contribution in [0.4, 0.5) is 0 Å². The number of hydrogen-bond donors (Lipinski definition) is 1.